The molecule has 7 nitrogen and oxygen atoms in total. The fraction of sp³-hybridized carbons (Fsp3) is 0.867. The maximum Gasteiger partial charge on any atom is 0.243 e. The Bertz CT molecular complexity index is 323. The van der Waals surface area contributed by atoms with E-state index >= 15 is 0 Å². The molecule has 0 aliphatic carbocycles. The average Bonchev–Trinajstić information content (AvgIpc) is 2.48. The zero-order valence-corrected chi connectivity index (χ0v) is 14.0. The van der Waals surface area contributed by atoms with Gasteiger partial charge in [-0.3, -0.25) is 9.59 Å². The van der Waals surface area contributed by atoms with E-state index in [0.717, 1.165) is 6.42 Å². The summed E-state index contributed by atoms with van der Waals surface area (Å²) in [6.07, 6.45) is 2.38. The Balaban J connectivity index is 4.95. The molecule has 1 atom stereocenters. The first-order valence-electron chi connectivity index (χ1n) is 8.16. The molecule has 0 rings (SSSR count). The second-order valence-corrected chi connectivity index (χ2v) is 5.74. The number of carbonyl (C=O) groups excluding carboxylic acids is 2. The summed E-state index contributed by atoms with van der Waals surface area (Å²) >= 11 is 0. The van der Waals surface area contributed by atoms with Gasteiger partial charge in [0.2, 0.25) is 11.8 Å². The van der Waals surface area contributed by atoms with Crippen LogP contribution in [0.25, 0.3) is 0 Å². The minimum absolute atomic E-state index is 0.0254. The first kappa shape index (κ1) is 20.8. The van der Waals surface area contributed by atoms with Crippen molar-refractivity contribution >= 4 is 11.8 Å². The van der Waals surface area contributed by atoms with E-state index in [4.69, 9.17) is 17.2 Å². The van der Waals surface area contributed by atoms with E-state index in [-0.39, 0.29) is 17.7 Å². The first-order valence-corrected chi connectivity index (χ1v) is 8.16. The summed E-state index contributed by atoms with van der Waals surface area (Å²) in [5.74, 6) is -0.134. The maximum atomic E-state index is 12.4. The molecular formula is C15H33N5O2. The van der Waals surface area contributed by atoms with Gasteiger partial charge in [0.05, 0.1) is 0 Å². The maximum absolute atomic E-state index is 12.4. The van der Waals surface area contributed by atoms with Crippen LogP contribution in [0.5, 0.6) is 0 Å². The van der Waals surface area contributed by atoms with Crippen LogP contribution in [0.1, 0.15) is 39.5 Å². The van der Waals surface area contributed by atoms with E-state index in [1.165, 1.54) is 0 Å². The molecular weight excluding hydrogens is 282 g/mol. The fourth-order valence-corrected chi connectivity index (χ4v) is 2.30. The number of rotatable bonds is 12. The normalized spacial score (nSPS) is 12.3. The third kappa shape index (κ3) is 7.72. The minimum Gasteiger partial charge on any atom is -0.354 e. The fourth-order valence-electron chi connectivity index (χ4n) is 2.30. The van der Waals surface area contributed by atoms with Gasteiger partial charge in [0.25, 0.3) is 0 Å². The Kier molecular flexibility index (Phi) is 11.7. The van der Waals surface area contributed by atoms with Crippen molar-refractivity contribution in [3.05, 3.63) is 0 Å². The molecule has 0 aromatic heterocycles. The smallest absolute Gasteiger partial charge is 0.243 e. The van der Waals surface area contributed by atoms with Crippen LogP contribution >= 0.6 is 0 Å². The summed E-state index contributed by atoms with van der Waals surface area (Å²) in [5, 5.41) is 2.86. The number of hydrogen-bond acceptors (Lipinski definition) is 5. The van der Waals surface area contributed by atoms with Gasteiger partial charge in [-0.05, 0) is 44.8 Å². The zero-order chi connectivity index (χ0) is 17.0. The highest BCUT2D eigenvalue weighted by Gasteiger charge is 2.31. The summed E-state index contributed by atoms with van der Waals surface area (Å²) in [7, 11) is 0. The minimum atomic E-state index is -0.477. The lowest BCUT2D eigenvalue weighted by molar-refractivity contribution is -0.142. The van der Waals surface area contributed by atoms with E-state index in [1.807, 2.05) is 13.8 Å². The van der Waals surface area contributed by atoms with Crippen molar-refractivity contribution in [3.8, 4) is 0 Å². The number of nitrogens with two attached hydrogens (primary N) is 3. The van der Waals surface area contributed by atoms with Crippen molar-refractivity contribution in [3.63, 3.8) is 0 Å². The van der Waals surface area contributed by atoms with Crippen LogP contribution in [0.4, 0.5) is 0 Å². The first-order chi connectivity index (χ1) is 10.5. The highest BCUT2D eigenvalue weighted by molar-refractivity contribution is 5.87. The van der Waals surface area contributed by atoms with E-state index < -0.39 is 6.04 Å². The van der Waals surface area contributed by atoms with Crippen LogP contribution in [-0.2, 0) is 9.59 Å². The standard InChI is InChI=1S/C15H33N5O2/c1-12(2)14(15(22)19-10-4-8-17)20(11-5-9-18)13(21)6-3-7-16/h12,14H,3-11,16-18H2,1-2H3,(H,19,22). The van der Waals surface area contributed by atoms with Gasteiger partial charge < -0.3 is 27.4 Å². The third-order valence-corrected chi connectivity index (χ3v) is 3.43. The van der Waals surface area contributed by atoms with Crippen molar-refractivity contribution in [1.82, 2.24) is 10.2 Å². The number of carbonyl (C=O) groups is 2. The van der Waals surface area contributed by atoms with E-state index in [1.54, 1.807) is 4.90 Å². The number of nitrogens with zero attached hydrogens (tertiary/aromatic N) is 1. The van der Waals surface area contributed by atoms with Crippen LogP contribution in [0, 0.1) is 5.92 Å². The second kappa shape index (κ2) is 12.4. The SMILES string of the molecule is CC(C)C(C(=O)NCCCN)N(CCCN)C(=O)CCCN. The molecule has 130 valence electrons. The molecule has 0 radical (unpaired) electrons. The molecule has 0 fully saturated rings. The van der Waals surface area contributed by atoms with Crippen molar-refractivity contribution in [1.29, 1.82) is 0 Å². The topological polar surface area (TPSA) is 127 Å². The van der Waals surface area contributed by atoms with Gasteiger partial charge in [-0.15, -0.1) is 0 Å². The highest BCUT2D eigenvalue weighted by Crippen LogP contribution is 2.14. The summed E-state index contributed by atoms with van der Waals surface area (Å²) in [6, 6.07) is -0.477. The Morgan fingerprint density at radius 3 is 2.09 bits per heavy atom. The molecule has 7 N–H and O–H groups in total. The molecule has 0 bridgehead atoms. The predicted molar refractivity (Wildman–Crippen MR) is 89.0 cm³/mol. The van der Waals surface area contributed by atoms with Crippen LogP contribution < -0.4 is 22.5 Å². The molecule has 1 unspecified atom stereocenters. The summed E-state index contributed by atoms with van der Waals surface area (Å²) in [5.41, 5.74) is 16.5. The Morgan fingerprint density at radius 1 is 1.00 bits per heavy atom. The van der Waals surface area contributed by atoms with Gasteiger partial charge in [0.15, 0.2) is 0 Å². The molecule has 0 saturated carbocycles. The quantitative estimate of drug-likeness (QED) is 0.357. The van der Waals surface area contributed by atoms with Gasteiger partial charge in [-0.25, -0.2) is 0 Å². The number of hydrogen-bond donors (Lipinski definition) is 4. The van der Waals surface area contributed by atoms with E-state index in [9.17, 15) is 9.59 Å². The van der Waals surface area contributed by atoms with E-state index in [2.05, 4.69) is 5.32 Å². The molecule has 7 heteroatoms. The van der Waals surface area contributed by atoms with Gasteiger partial charge in [0, 0.05) is 19.5 Å². The van der Waals surface area contributed by atoms with Crippen molar-refractivity contribution in [2.75, 3.05) is 32.7 Å². The zero-order valence-electron chi connectivity index (χ0n) is 14.0. The lowest BCUT2D eigenvalue weighted by Gasteiger charge is -2.33. The summed E-state index contributed by atoms with van der Waals surface area (Å²) < 4.78 is 0. The average molecular weight is 315 g/mol. The molecule has 0 spiro atoms. The lowest BCUT2D eigenvalue weighted by atomic mass is 10.00. The lowest BCUT2D eigenvalue weighted by Crippen LogP contribution is -2.53. The van der Waals surface area contributed by atoms with Crippen molar-refractivity contribution in [2.24, 2.45) is 23.1 Å². The molecule has 0 aromatic rings. The summed E-state index contributed by atoms with van der Waals surface area (Å²) in [4.78, 5) is 26.5. The predicted octanol–water partition coefficient (Wildman–Crippen LogP) is -0.608. The molecule has 0 aliphatic rings. The van der Waals surface area contributed by atoms with Crippen molar-refractivity contribution in [2.45, 2.75) is 45.6 Å². The van der Waals surface area contributed by atoms with Gasteiger partial charge in [-0.2, -0.15) is 0 Å². The van der Waals surface area contributed by atoms with Crippen LogP contribution in [-0.4, -0.2) is 55.5 Å². The largest absolute Gasteiger partial charge is 0.354 e. The Hall–Kier alpha value is -1.18. The number of nitrogens with one attached hydrogen (secondary N) is 1. The third-order valence-electron chi connectivity index (χ3n) is 3.43. The molecule has 22 heavy (non-hydrogen) atoms. The van der Waals surface area contributed by atoms with Gasteiger partial charge in [-0.1, -0.05) is 13.8 Å². The van der Waals surface area contributed by atoms with Gasteiger partial charge in [0.1, 0.15) is 6.04 Å². The van der Waals surface area contributed by atoms with Crippen LogP contribution in [0.2, 0.25) is 0 Å². The molecule has 2 amide bonds. The number of amides is 2. The van der Waals surface area contributed by atoms with Crippen LogP contribution in [0.15, 0.2) is 0 Å². The van der Waals surface area contributed by atoms with E-state index in [0.29, 0.717) is 52.0 Å². The molecule has 0 saturated heterocycles. The molecule has 0 aromatic carbocycles. The van der Waals surface area contributed by atoms with Crippen LogP contribution in [0.3, 0.4) is 0 Å². The molecule has 0 heterocycles. The Morgan fingerprint density at radius 2 is 1.59 bits per heavy atom. The second-order valence-electron chi connectivity index (χ2n) is 5.74. The molecule has 0 aliphatic heterocycles. The van der Waals surface area contributed by atoms with Crippen molar-refractivity contribution < 1.29 is 9.59 Å². The highest BCUT2D eigenvalue weighted by atomic mass is 16.2. The monoisotopic (exact) mass is 315 g/mol. The Labute approximate surface area is 134 Å². The summed E-state index contributed by atoms with van der Waals surface area (Å²) in [6.45, 7) is 6.38. The van der Waals surface area contributed by atoms with Gasteiger partial charge >= 0.3 is 0 Å².